The van der Waals surface area contributed by atoms with Crippen molar-refractivity contribution in [1.82, 2.24) is 9.21 Å². The third-order valence-electron chi connectivity index (χ3n) is 4.48. The van der Waals surface area contributed by atoms with Crippen LogP contribution < -0.4 is 0 Å². The van der Waals surface area contributed by atoms with Crippen LogP contribution in [0.2, 0.25) is 0 Å². The summed E-state index contributed by atoms with van der Waals surface area (Å²) in [6.45, 7) is 4.28. The number of piperazine rings is 1. The van der Waals surface area contributed by atoms with E-state index in [1.54, 1.807) is 31.2 Å². The van der Waals surface area contributed by atoms with Crippen LogP contribution in [0.15, 0.2) is 44.1 Å². The molecular formula is C18H21BrN2O5S. The third kappa shape index (κ3) is 4.43. The normalized spacial score (nSPS) is 16.4. The molecule has 0 atom stereocenters. The number of carbonyl (C=O) groups is 1. The van der Waals surface area contributed by atoms with Gasteiger partial charge in [0.15, 0.2) is 0 Å². The van der Waals surface area contributed by atoms with Gasteiger partial charge in [-0.3, -0.25) is 4.90 Å². The first-order valence-electron chi connectivity index (χ1n) is 8.47. The molecule has 146 valence electrons. The van der Waals surface area contributed by atoms with Gasteiger partial charge in [0.1, 0.15) is 5.76 Å². The number of halogens is 1. The molecule has 7 nitrogen and oxygen atoms in total. The number of hydrogen-bond acceptors (Lipinski definition) is 6. The molecule has 0 amide bonds. The average Bonchev–Trinajstić information content (AvgIpc) is 3.01. The zero-order valence-electron chi connectivity index (χ0n) is 15.1. The van der Waals surface area contributed by atoms with E-state index in [-0.39, 0.29) is 10.7 Å². The van der Waals surface area contributed by atoms with E-state index < -0.39 is 16.0 Å². The number of methoxy groups -OCH3 is 1. The lowest BCUT2D eigenvalue weighted by Crippen LogP contribution is -2.48. The van der Waals surface area contributed by atoms with Gasteiger partial charge < -0.3 is 9.15 Å². The average molecular weight is 457 g/mol. The zero-order valence-corrected chi connectivity index (χ0v) is 17.5. The molecule has 1 fully saturated rings. The minimum atomic E-state index is -3.51. The molecule has 9 heteroatoms. The largest absolute Gasteiger partial charge is 0.463 e. The Balaban J connectivity index is 1.63. The van der Waals surface area contributed by atoms with E-state index in [2.05, 4.69) is 20.8 Å². The highest BCUT2D eigenvalue weighted by atomic mass is 79.9. The molecule has 3 rings (SSSR count). The SMILES string of the molecule is COC(=O)c1oc(CN2CCN(S(=O)(=O)c3cccc(Br)c3)CC2)cc1C. The second-order valence-corrected chi connectivity index (χ2v) is 9.21. The number of furan rings is 1. The highest BCUT2D eigenvalue weighted by molar-refractivity contribution is 9.10. The number of esters is 1. The molecular weight excluding hydrogens is 436 g/mol. The molecule has 2 aromatic rings. The molecule has 1 saturated heterocycles. The quantitative estimate of drug-likeness (QED) is 0.643. The van der Waals surface area contributed by atoms with E-state index in [1.165, 1.54) is 11.4 Å². The van der Waals surface area contributed by atoms with Gasteiger partial charge in [0.05, 0.1) is 18.6 Å². The van der Waals surface area contributed by atoms with Gasteiger partial charge in [-0.1, -0.05) is 22.0 Å². The Morgan fingerprint density at radius 2 is 1.93 bits per heavy atom. The summed E-state index contributed by atoms with van der Waals surface area (Å²) in [5.74, 6) is 0.378. The molecule has 0 radical (unpaired) electrons. The van der Waals surface area contributed by atoms with Gasteiger partial charge in [-0.2, -0.15) is 4.31 Å². The van der Waals surface area contributed by atoms with Crippen LogP contribution in [0, 0.1) is 6.92 Å². The molecule has 1 aromatic carbocycles. The second kappa shape index (κ2) is 8.14. The maximum absolute atomic E-state index is 12.8. The van der Waals surface area contributed by atoms with E-state index in [9.17, 15) is 13.2 Å². The summed E-state index contributed by atoms with van der Waals surface area (Å²) in [4.78, 5) is 14.0. The van der Waals surface area contributed by atoms with Crippen LogP contribution in [0.1, 0.15) is 21.9 Å². The highest BCUT2D eigenvalue weighted by Gasteiger charge is 2.29. The first-order chi connectivity index (χ1) is 12.8. The Morgan fingerprint density at radius 3 is 2.56 bits per heavy atom. The first kappa shape index (κ1) is 20.1. The summed E-state index contributed by atoms with van der Waals surface area (Å²) in [5, 5.41) is 0. The van der Waals surface area contributed by atoms with Crippen molar-refractivity contribution in [3.05, 3.63) is 51.9 Å². The van der Waals surface area contributed by atoms with Crippen molar-refractivity contribution < 1.29 is 22.4 Å². The topological polar surface area (TPSA) is 80.1 Å². The molecule has 1 aliphatic heterocycles. The lowest BCUT2D eigenvalue weighted by Gasteiger charge is -2.33. The minimum Gasteiger partial charge on any atom is -0.463 e. The van der Waals surface area contributed by atoms with Gasteiger partial charge in [0, 0.05) is 36.2 Å². The fraction of sp³-hybridized carbons (Fsp3) is 0.389. The van der Waals surface area contributed by atoms with Crippen molar-refractivity contribution in [3.8, 4) is 0 Å². The summed E-state index contributed by atoms with van der Waals surface area (Å²) in [6.07, 6.45) is 0. The number of aryl methyl sites for hydroxylation is 1. The van der Waals surface area contributed by atoms with Crippen molar-refractivity contribution >= 4 is 31.9 Å². The summed E-state index contributed by atoms with van der Waals surface area (Å²) >= 11 is 3.31. The summed E-state index contributed by atoms with van der Waals surface area (Å²) < 4.78 is 38.1. The van der Waals surface area contributed by atoms with E-state index in [0.29, 0.717) is 38.5 Å². The van der Waals surface area contributed by atoms with Crippen LogP contribution in [0.5, 0.6) is 0 Å². The molecule has 27 heavy (non-hydrogen) atoms. The van der Waals surface area contributed by atoms with Crippen molar-refractivity contribution in [2.45, 2.75) is 18.4 Å². The number of carbonyl (C=O) groups excluding carboxylic acids is 1. The maximum Gasteiger partial charge on any atom is 0.374 e. The van der Waals surface area contributed by atoms with Crippen LogP contribution >= 0.6 is 15.9 Å². The first-order valence-corrected chi connectivity index (χ1v) is 10.7. The number of nitrogens with zero attached hydrogens (tertiary/aromatic N) is 2. The predicted octanol–water partition coefficient (Wildman–Crippen LogP) is 2.64. The molecule has 0 unspecified atom stereocenters. The molecule has 1 aliphatic rings. The molecule has 2 heterocycles. The molecule has 0 spiro atoms. The van der Waals surface area contributed by atoms with Gasteiger partial charge >= 0.3 is 5.97 Å². The fourth-order valence-electron chi connectivity index (χ4n) is 3.05. The van der Waals surface area contributed by atoms with Crippen molar-refractivity contribution in [3.63, 3.8) is 0 Å². The molecule has 0 N–H and O–H groups in total. The molecule has 0 saturated carbocycles. The van der Waals surface area contributed by atoms with Crippen molar-refractivity contribution in [1.29, 1.82) is 0 Å². The number of ether oxygens (including phenoxy) is 1. The predicted molar refractivity (Wildman–Crippen MR) is 103 cm³/mol. The smallest absolute Gasteiger partial charge is 0.374 e. The van der Waals surface area contributed by atoms with Gasteiger partial charge in [0.25, 0.3) is 0 Å². The van der Waals surface area contributed by atoms with Crippen molar-refractivity contribution in [2.75, 3.05) is 33.3 Å². The number of hydrogen-bond donors (Lipinski definition) is 0. The van der Waals surface area contributed by atoms with Crippen LogP contribution in [0.4, 0.5) is 0 Å². The van der Waals surface area contributed by atoms with Gasteiger partial charge in [0.2, 0.25) is 15.8 Å². The van der Waals surface area contributed by atoms with Crippen LogP contribution in [0.3, 0.4) is 0 Å². The van der Waals surface area contributed by atoms with E-state index in [1.807, 2.05) is 6.07 Å². The molecule has 0 bridgehead atoms. The second-order valence-electron chi connectivity index (χ2n) is 6.35. The number of benzene rings is 1. The molecule has 0 aliphatic carbocycles. The Morgan fingerprint density at radius 1 is 1.22 bits per heavy atom. The third-order valence-corrected chi connectivity index (χ3v) is 6.87. The van der Waals surface area contributed by atoms with E-state index in [4.69, 9.17) is 9.15 Å². The van der Waals surface area contributed by atoms with E-state index in [0.717, 1.165) is 10.0 Å². The van der Waals surface area contributed by atoms with E-state index >= 15 is 0 Å². The highest BCUT2D eigenvalue weighted by Crippen LogP contribution is 2.22. The van der Waals surface area contributed by atoms with Crippen molar-refractivity contribution in [2.24, 2.45) is 0 Å². The van der Waals surface area contributed by atoms with Crippen LogP contribution in [-0.4, -0.2) is 56.9 Å². The summed E-state index contributed by atoms with van der Waals surface area (Å²) in [7, 11) is -2.19. The Bertz CT molecular complexity index is 933. The Labute approximate surface area is 167 Å². The monoisotopic (exact) mass is 456 g/mol. The van der Waals surface area contributed by atoms with Gasteiger partial charge in [-0.15, -0.1) is 0 Å². The standard InChI is InChI=1S/C18H21BrN2O5S/c1-13-10-15(26-17(13)18(22)25-2)12-20-6-8-21(9-7-20)27(23,24)16-5-3-4-14(19)11-16/h3-5,10-11H,6-9,12H2,1-2H3. The van der Waals surface area contributed by atoms with Crippen LogP contribution in [0.25, 0.3) is 0 Å². The number of sulfonamides is 1. The Kier molecular flexibility index (Phi) is 6.05. The summed E-state index contributed by atoms with van der Waals surface area (Å²) in [6, 6.07) is 8.54. The lowest BCUT2D eigenvalue weighted by atomic mass is 10.2. The Hall–Kier alpha value is -1.68. The number of rotatable bonds is 5. The zero-order chi connectivity index (χ0) is 19.6. The lowest BCUT2D eigenvalue weighted by molar-refractivity contribution is 0.0559. The molecule has 1 aromatic heterocycles. The van der Waals surface area contributed by atoms with Gasteiger partial charge in [-0.25, -0.2) is 13.2 Å². The fourth-order valence-corrected chi connectivity index (χ4v) is 5.07. The maximum atomic E-state index is 12.8. The van der Waals surface area contributed by atoms with Gasteiger partial charge in [-0.05, 0) is 31.2 Å². The summed E-state index contributed by atoms with van der Waals surface area (Å²) in [5.41, 5.74) is 0.729. The van der Waals surface area contributed by atoms with Crippen LogP contribution in [-0.2, 0) is 21.3 Å². The minimum absolute atomic E-state index is 0.211.